The van der Waals surface area contributed by atoms with Gasteiger partial charge in [0.15, 0.2) is 6.10 Å². The van der Waals surface area contributed by atoms with Crippen molar-refractivity contribution in [3.8, 4) is 0 Å². The van der Waals surface area contributed by atoms with E-state index in [0.717, 1.165) is 18.7 Å². The fourth-order valence-electron chi connectivity index (χ4n) is 4.43. The number of halogens is 1. The zero-order valence-corrected chi connectivity index (χ0v) is 20.3. The molecule has 2 amide bonds. The van der Waals surface area contributed by atoms with Gasteiger partial charge in [0.2, 0.25) is 11.8 Å². The minimum Gasteiger partial charge on any atom is -0.444 e. The highest BCUT2D eigenvalue weighted by molar-refractivity contribution is 5.86. The van der Waals surface area contributed by atoms with Gasteiger partial charge in [0.25, 0.3) is 5.91 Å². The molecule has 184 valence electrons. The summed E-state index contributed by atoms with van der Waals surface area (Å²) in [6.07, 6.45) is 1.76. The number of likely N-dealkylation sites (N-methyl/N-ethyl adjacent to an activating group) is 1. The molecule has 2 aromatic rings. The van der Waals surface area contributed by atoms with E-state index in [4.69, 9.17) is 9.15 Å². The van der Waals surface area contributed by atoms with Crippen molar-refractivity contribution >= 4 is 11.8 Å². The third kappa shape index (κ3) is 5.31. The van der Waals surface area contributed by atoms with Crippen molar-refractivity contribution < 1.29 is 23.1 Å². The predicted molar refractivity (Wildman–Crippen MR) is 123 cm³/mol. The van der Waals surface area contributed by atoms with Gasteiger partial charge < -0.3 is 19.0 Å². The van der Waals surface area contributed by atoms with Crippen molar-refractivity contribution in [1.82, 2.24) is 19.7 Å². The first-order valence-corrected chi connectivity index (χ1v) is 11.7. The highest BCUT2D eigenvalue weighted by Crippen LogP contribution is 2.31. The van der Waals surface area contributed by atoms with Gasteiger partial charge in [-0.1, -0.05) is 32.9 Å². The molecular weight excluding hydrogens is 439 g/mol. The van der Waals surface area contributed by atoms with Gasteiger partial charge in [-0.3, -0.25) is 14.5 Å². The van der Waals surface area contributed by atoms with Crippen LogP contribution in [0.2, 0.25) is 0 Å². The van der Waals surface area contributed by atoms with Gasteiger partial charge in [-0.2, -0.15) is 0 Å². The van der Waals surface area contributed by atoms with Crippen LogP contribution in [0.1, 0.15) is 50.4 Å². The number of rotatable bonds is 4. The summed E-state index contributed by atoms with van der Waals surface area (Å²) in [6.45, 7) is 9.35. The molecule has 2 aliphatic rings. The first-order chi connectivity index (χ1) is 16.1. The van der Waals surface area contributed by atoms with Gasteiger partial charge >= 0.3 is 0 Å². The summed E-state index contributed by atoms with van der Waals surface area (Å²) in [7, 11) is 1.66. The van der Waals surface area contributed by atoms with Crippen LogP contribution in [-0.4, -0.2) is 77.4 Å². The van der Waals surface area contributed by atoms with Crippen LogP contribution in [0.25, 0.3) is 0 Å². The fraction of sp³-hybridized carbons (Fsp3) is 0.560. The van der Waals surface area contributed by atoms with E-state index in [1.165, 1.54) is 17.0 Å². The Hall–Kier alpha value is -2.78. The number of amides is 2. The van der Waals surface area contributed by atoms with Crippen LogP contribution in [0, 0.1) is 5.82 Å². The Morgan fingerprint density at radius 2 is 1.88 bits per heavy atom. The van der Waals surface area contributed by atoms with Crippen molar-refractivity contribution in [3.05, 3.63) is 53.5 Å². The molecule has 0 N–H and O–H groups in total. The first kappa shape index (κ1) is 24.3. The third-order valence-corrected chi connectivity index (χ3v) is 6.49. The van der Waals surface area contributed by atoms with Gasteiger partial charge in [-0.05, 0) is 24.1 Å². The lowest BCUT2D eigenvalue weighted by Gasteiger charge is -2.40. The quantitative estimate of drug-likeness (QED) is 0.681. The summed E-state index contributed by atoms with van der Waals surface area (Å²) in [5.74, 6) is 0.805. The van der Waals surface area contributed by atoms with Crippen molar-refractivity contribution in [2.45, 2.75) is 51.3 Å². The van der Waals surface area contributed by atoms with Crippen molar-refractivity contribution in [2.24, 2.45) is 0 Å². The number of carbonyl (C=O) groups excluding carboxylic acids is 2. The van der Waals surface area contributed by atoms with E-state index in [1.807, 2.05) is 0 Å². The van der Waals surface area contributed by atoms with Crippen LogP contribution in [0.15, 0.2) is 34.9 Å². The molecule has 0 bridgehead atoms. The molecule has 2 saturated heterocycles. The lowest BCUT2D eigenvalue weighted by molar-refractivity contribution is -0.167. The normalized spacial score (nSPS) is 22.7. The number of carbonyl (C=O) groups is 2. The summed E-state index contributed by atoms with van der Waals surface area (Å²) >= 11 is 0. The van der Waals surface area contributed by atoms with E-state index in [1.54, 1.807) is 30.3 Å². The largest absolute Gasteiger partial charge is 0.444 e. The minimum atomic E-state index is -0.833. The molecular formula is C25H33FN4O4. The maximum atomic E-state index is 13.5. The van der Waals surface area contributed by atoms with Crippen LogP contribution in [0.3, 0.4) is 0 Å². The maximum absolute atomic E-state index is 13.5. The van der Waals surface area contributed by atoms with Crippen LogP contribution in [-0.2, 0) is 26.3 Å². The lowest BCUT2D eigenvalue weighted by atomic mass is 9.94. The highest BCUT2D eigenvalue weighted by Gasteiger charge is 2.42. The van der Waals surface area contributed by atoms with Crippen LogP contribution < -0.4 is 0 Å². The van der Waals surface area contributed by atoms with E-state index >= 15 is 0 Å². The standard InChI is InChI=1S/C25H33FN4O4/c1-25(2,3)19-14-27-20(34-19)15-29-10-5-11-30(13-12-29)24(32)23-22(28(4)21(31)16-33-23)17-6-8-18(26)9-7-17/h6-9,14,22-23H,5,10-13,15-16H2,1-4H3. The Kier molecular flexibility index (Phi) is 7.04. The number of oxazole rings is 1. The topological polar surface area (TPSA) is 79.1 Å². The average molecular weight is 473 g/mol. The zero-order valence-electron chi connectivity index (χ0n) is 20.3. The molecule has 3 heterocycles. The van der Waals surface area contributed by atoms with Crippen molar-refractivity contribution in [3.63, 3.8) is 0 Å². The molecule has 2 unspecified atom stereocenters. The number of nitrogens with zero attached hydrogens (tertiary/aromatic N) is 4. The lowest BCUT2D eigenvalue weighted by Crippen LogP contribution is -2.54. The van der Waals surface area contributed by atoms with E-state index in [-0.39, 0.29) is 29.7 Å². The number of benzene rings is 1. The Labute approximate surface area is 199 Å². The van der Waals surface area contributed by atoms with Crippen LogP contribution >= 0.6 is 0 Å². The molecule has 1 aromatic heterocycles. The van der Waals surface area contributed by atoms with Gasteiger partial charge in [0.05, 0.1) is 18.8 Å². The average Bonchev–Trinajstić information content (AvgIpc) is 3.15. The molecule has 4 rings (SSSR count). The van der Waals surface area contributed by atoms with Gasteiger partial charge in [-0.15, -0.1) is 0 Å². The number of hydrogen-bond donors (Lipinski definition) is 0. The van der Waals surface area contributed by atoms with Gasteiger partial charge in [0, 0.05) is 38.6 Å². The Morgan fingerprint density at radius 1 is 1.15 bits per heavy atom. The Morgan fingerprint density at radius 3 is 2.56 bits per heavy atom. The number of aromatic nitrogens is 1. The summed E-state index contributed by atoms with van der Waals surface area (Å²) in [5.41, 5.74) is 0.577. The van der Waals surface area contributed by atoms with E-state index in [2.05, 4.69) is 30.7 Å². The first-order valence-electron chi connectivity index (χ1n) is 11.7. The molecule has 0 aliphatic carbocycles. The van der Waals surface area contributed by atoms with E-state index < -0.39 is 12.1 Å². The molecule has 9 heteroatoms. The van der Waals surface area contributed by atoms with Crippen molar-refractivity contribution in [1.29, 1.82) is 0 Å². The summed E-state index contributed by atoms with van der Waals surface area (Å²) in [5, 5.41) is 0. The summed E-state index contributed by atoms with van der Waals surface area (Å²) in [6, 6.07) is 5.27. The molecule has 2 atom stereocenters. The Balaban J connectivity index is 1.43. The molecule has 0 spiro atoms. The maximum Gasteiger partial charge on any atom is 0.254 e. The SMILES string of the molecule is CN1C(=O)COC(C(=O)N2CCCN(Cc3ncc(C(C)(C)C)o3)CC2)C1c1ccc(F)cc1. The minimum absolute atomic E-state index is 0.0944. The Bertz CT molecular complexity index is 1020. The number of hydrogen-bond acceptors (Lipinski definition) is 6. The second-order valence-electron chi connectivity index (χ2n) is 10.1. The molecule has 34 heavy (non-hydrogen) atoms. The zero-order chi connectivity index (χ0) is 24.5. The summed E-state index contributed by atoms with van der Waals surface area (Å²) in [4.78, 5) is 35.8. The molecule has 2 aliphatic heterocycles. The molecule has 0 saturated carbocycles. The van der Waals surface area contributed by atoms with Crippen LogP contribution in [0.5, 0.6) is 0 Å². The smallest absolute Gasteiger partial charge is 0.254 e. The molecule has 8 nitrogen and oxygen atoms in total. The second-order valence-corrected chi connectivity index (χ2v) is 10.1. The van der Waals surface area contributed by atoms with Crippen LogP contribution in [0.4, 0.5) is 4.39 Å². The van der Waals surface area contributed by atoms with E-state index in [0.29, 0.717) is 37.6 Å². The third-order valence-electron chi connectivity index (χ3n) is 6.49. The van der Waals surface area contributed by atoms with E-state index in [9.17, 15) is 14.0 Å². The van der Waals surface area contributed by atoms with Gasteiger partial charge in [0.1, 0.15) is 18.2 Å². The number of ether oxygens (including phenoxy) is 1. The molecule has 2 fully saturated rings. The summed E-state index contributed by atoms with van der Waals surface area (Å²) < 4.78 is 25.2. The number of morpholine rings is 1. The molecule has 1 aromatic carbocycles. The fourth-order valence-corrected chi connectivity index (χ4v) is 4.43. The molecule has 0 radical (unpaired) electrons. The monoisotopic (exact) mass is 472 g/mol. The predicted octanol–water partition coefficient (Wildman–Crippen LogP) is 2.74. The second kappa shape index (κ2) is 9.84. The highest BCUT2D eigenvalue weighted by atomic mass is 19.1. The van der Waals surface area contributed by atoms with Crippen molar-refractivity contribution in [2.75, 3.05) is 39.8 Å². The van der Waals surface area contributed by atoms with Gasteiger partial charge in [-0.25, -0.2) is 9.37 Å².